The van der Waals surface area contributed by atoms with Crippen molar-refractivity contribution in [2.45, 2.75) is 38.8 Å². The third-order valence-corrected chi connectivity index (χ3v) is 4.84. The molecular formula is C25H32ClN3O4. The van der Waals surface area contributed by atoms with E-state index in [1.807, 2.05) is 62.8 Å². The fraction of sp³-hybridized carbons (Fsp3) is 0.320. The fourth-order valence-electron chi connectivity index (χ4n) is 3.24. The smallest absolute Gasteiger partial charge is 0.411 e. The Morgan fingerprint density at radius 3 is 2.30 bits per heavy atom. The lowest BCUT2D eigenvalue weighted by atomic mass is 10.0. The zero-order chi connectivity index (χ0) is 23.5. The Morgan fingerprint density at radius 1 is 1.03 bits per heavy atom. The zero-order valence-electron chi connectivity index (χ0n) is 19.2. The molecule has 0 aliphatic heterocycles. The van der Waals surface area contributed by atoms with E-state index in [-0.39, 0.29) is 12.4 Å². The first-order valence-corrected chi connectivity index (χ1v) is 10.7. The summed E-state index contributed by atoms with van der Waals surface area (Å²) in [6.45, 7) is 2.82. The van der Waals surface area contributed by atoms with Gasteiger partial charge in [-0.05, 0) is 43.3 Å². The van der Waals surface area contributed by atoms with Crippen LogP contribution < -0.4 is 10.6 Å². The number of carboxylic acid groups (broad SMARTS) is 1. The summed E-state index contributed by atoms with van der Waals surface area (Å²) in [5, 5.41) is 13.4. The van der Waals surface area contributed by atoms with Gasteiger partial charge in [0.1, 0.15) is 6.04 Å². The molecule has 2 aromatic carbocycles. The zero-order valence-corrected chi connectivity index (χ0v) is 20.0. The van der Waals surface area contributed by atoms with Crippen LogP contribution in [0.25, 0.3) is 12.2 Å². The molecule has 0 radical (unpaired) electrons. The first-order chi connectivity index (χ1) is 15.3. The van der Waals surface area contributed by atoms with E-state index >= 15 is 0 Å². The van der Waals surface area contributed by atoms with Crippen molar-refractivity contribution in [3.63, 3.8) is 0 Å². The number of imide groups is 1. The van der Waals surface area contributed by atoms with E-state index in [0.717, 1.165) is 18.5 Å². The number of hydrogen-bond acceptors (Lipinski definition) is 4. The average Bonchev–Trinajstić information content (AvgIpc) is 2.75. The molecule has 0 fully saturated rings. The van der Waals surface area contributed by atoms with Crippen molar-refractivity contribution in [2.24, 2.45) is 0 Å². The monoisotopic (exact) mass is 473 g/mol. The van der Waals surface area contributed by atoms with Crippen molar-refractivity contribution in [3.8, 4) is 0 Å². The van der Waals surface area contributed by atoms with Crippen LogP contribution in [0.3, 0.4) is 0 Å². The summed E-state index contributed by atoms with van der Waals surface area (Å²) in [4.78, 5) is 38.0. The number of nitrogens with zero attached hydrogens (tertiary/aromatic N) is 1. The van der Waals surface area contributed by atoms with E-state index < -0.39 is 23.9 Å². The average molecular weight is 474 g/mol. The van der Waals surface area contributed by atoms with Crippen molar-refractivity contribution in [1.82, 2.24) is 15.5 Å². The number of hydrogen-bond donors (Lipinski definition) is 3. The first-order valence-electron chi connectivity index (χ1n) is 10.7. The van der Waals surface area contributed by atoms with Crippen molar-refractivity contribution < 1.29 is 19.5 Å². The molecule has 0 aliphatic carbocycles. The fourth-order valence-corrected chi connectivity index (χ4v) is 3.24. The summed E-state index contributed by atoms with van der Waals surface area (Å²) in [6, 6.07) is 14.4. The van der Waals surface area contributed by atoms with Gasteiger partial charge >= 0.3 is 6.09 Å². The molecule has 0 saturated carbocycles. The minimum absolute atomic E-state index is 0. The summed E-state index contributed by atoms with van der Waals surface area (Å²) in [7, 11) is 4.04. The predicted molar refractivity (Wildman–Crippen MR) is 133 cm³/mol. The van der Waals surface area contributed by atoms with E-state index in [2.05, 4.69) is 22.3 Å². The van der Waals surface area contributed by atoms with Crippen molar-refractivity contribution >= 4 is 42.5 Å². The Morgan fingerprint density at radius 2 is 1.70 bits per heavy atom. The van der Waals surface area contributed by atoms with Gasteiger partial charge in [-0.3, -0.25) is 14.9 Å². The number of benzene rings is 2. The van der Waals surface area contributed by atoms with Crippen LogP contribution >= 0.6 is 12.4 Å². The van der Waals surface area contributed by atoms with Gasteiger partial charge in [0.25, 0.3) is 11.8 Å². The first kappa shape index (κ1) is 27.9. The summed E-state index contributed by atoms with van der Waals surface area (Å²) < 4.78 is 0. The number of nitrogens with one attached hydrogen (secondary N) is 2. The molecule has 1 unspecified atom stereocenters. The van der Waals surface area contributed by atoms with Gasteiger partial charge in [0.15, 0.2) is 0 Å². The number of rotatable bonds is 10. The molecule has 0 aliphatic rings. The third kappa shape index (κ3) is 9.47. The summed E-state index contributed by atoms with van der Waals surface area (Å²) in [5.74, 6) is -1.15. The molecule has 2 rings (SSSR count). The van der Waals surface area contributed by atoms with Crippen molar-refractivity contribution in [3.05, 3.63) is 70.8 Å². The molecule has 1 atom stereocenters. The molecule has 0 spiro atoms. The highest BCUT2D eigenvalue weighted by atomic mass is 35.5. The number of unbranched alkanes of at least 4 members (excludes halogenated alkanes) is 1. The van der Waals surface area contributed by atoms with Crippen molar-refractivity contribution in [1.29, 1.82) is 0 Å². The standard InChI is InChI=1S/C25H31N3O4.ClH/c1-4-5-10-22(24(30)27-25(31)32)26-23(29)21-9-7-6-8-20(21)16-15-18-11-13-19(14-12-18)17-28(2)3;/h6-9,11-16,22H,4-5,10,17H2,1-3H3,(H,26,29)(H,27,30)(H,31,32);1H/b16-15+;. The molecule has 0 bridgehead atoms. The maximum absolute atomic E-state index is 12.9. The highest BCUT2D eigenvalue weighted by Crippen LogP contribution is 2.15. The van der Waals surface area contributed by atoms with Crippen LogP contribution in [0.1, 0.15) is 53.2 Å². The van der Waals surface area contributed by atoms with Gasteiger partial charge in [0, 0.05) is 12.1 Å². The van der Waals surface area contributed by atoms with E-state index in [4.69, 9.17) is 5.11 Å². The minimum Gasteiger partial charge on any atom is -0.465 e. The Balaban J connectivity index is 0.00000544. The normalized spacial score (nSPS) is 11.6. The molecule has 3 amide bonds. The lowest BCUT2D eigenvalue weighted by molar-refractivity contribution is -0.122. The van der Waals surface area contributed by atoms with Crippen LogP contribution in [-0.4, -0.2) is 48.1 Å². The van der Waals surface area contributed by atoms with Crippen LogP contribution in [-0.2, 0) is 11.3 Å². The highest BCUT2D eigenvalue weighted by molar-refractivity contribution is 6.02. The van der Waals surface area contributed by atoms with Gasteiger partial charge in [-0.1, -0.05) is 74.4 Å². The van der Waals surface area contributed by atoms with Crippen LogP contribution in [0.4, 0.5) is 4.79 Å². The third-order valence-electron chi connectivity index (χ3n) is 4.84. The molecule has 178 valence electrons. The topological polar surface area (TPSA) is 98.7 Å². The van der Waals surface area contributed by atoms with Gasteiger partial charge in [-0.2, -0.15) is 0 Å². The van der Waals surface area contributed by atoms with E-state index in [1.165, 1.54) is 5.56 Å². The van der Waals surface area contributed by atoms with Gasteiger partial charge in [0.05, 0.1) is 0 Å². The van der Waals surface area contributed by atoms with Gasteiger partial charge in [-0.25, -0.2) is 4.79 Å². The molecule has 3 N–H and O–H groups in total. The second-order valence-corrected chi connectivity index (χ2v) is 7.86. The summed E-state index contributed by atoms with van der Waals surface area (Å²) in [6.07, 6.45) is 4.21. The lowest BCUT2D eigenvalue weighted by Crippen LogP contribution is -2.48. The van der Waals surface area contributed by atoms with Crippen LogP contribution in [0.2, 0.25) is 0 Å². The number of amides is 3. The van der Waals surface area contributed by atoms with E-state index in [1.54, 1.807) is 12.1 Å². The second-order valence-electron chi connectivity index (χ2n) is 7.86. The lowest BCUT2D eigenvalue weighted by Gasteiger charge is -2.17. The number of carbonyl (C=O) groups is 3. The Hall–Kier alpha value is -3.16. The van der Waals surface area contributed by atoms with Crippen LogP contribution in [0.15, 0.2) is 48.5 Å². The SMILES string of the molecule is CCCCC(NC(=O)c1ccccc1/C=C/c1ccc(CN(C)C)cc1)C(=O)NC(=O)O.Cl. The largest absolute Gasteiger partial charge is 0.465 e. The van der Waals surface area contributed by atoms with Gasteiger partial charge < -0.3 is 15.3 Å². The molecule has 7 nitrogen and oxygen atoms in total. The summed E-state index contributed by atoms with van der Waals surface area (Å²) in [5.41, 5.74) is 3.34. The minimum atomic E-state index is -1.44. The van der Waals surface area contributed by atoms with Crippen molar-refractivity contribution in [2.75, 3.05) is 14.1 Å². The molecule has 2 aromatic rings. The Labute approximate surface area is 201 Å². The quantitative estimate of drug-likeness (QED) is 0.443. The molecule has 0 heterocycles. The molecule has 33 heavy (non-hydrogen) atoms. The van der Waals surface area contributed by atoms with Crippen LogP contribution in [0.5, 0.6) is 0 Å². The summed E-state index contributed by atoms with van der Waals surface area (Å²) >= 11 is 0. The van der Waals surface area contributed by atoms with E-state index in [0.29, 0.717) is 24.0 Å². The van der Waals surface area contributed by atoms with Gasteiger partial charge in [0.2, 0.25) is 0 Å². The maximum Gasteiger partial charge on any atom is 0.411 e. The van der Waals surface area contributed by atoms with Gasteiger partial charge in [-0.15, -0.1) is 12.4 Å². The molecule has 8 heteroatoms. The molecule has 0 aromatic heterocycles. The predicted octanol–water partition coefficient (Wildman–Crippen LogP) is 4.42. The maximum atomic E-state index is 12.9. The number of halogens is 1. The van der Waals surface area contributed by atoms with Crippen LogP contribution in [0, 0.1) is 0 Å². The second kappa shape index (κ2) is 14.1. The molecular weight excluding hydrogens is 442 g/mol. The number of carbonyl (C=O) groups excluding carboxylic acids is 2. The molecule has 0 saturated heterocycles. The Kier molecular flexibility index (Phi) is 11.9. The van der Waals surface area contributed by atoms with E-state index in [9.17, 15) is 14.4 Å². The Bertz CT molecular complexity index is 958. The highest BCUT2D eigenvalue weighted by Gasteiger charge is 2.23.